The van der Waals surface area contributed by atoms with Crippen molar-refractivity contribution in [3.63, 3.8) is 0 Å². The number of ether oxygens (including phenoxy) is 2. The fourth-order valence-corrected chi connectivity index (χ4v) is 3.26. The van der Waals surface area contributed by atoms with E-state index in [1.54, 1.807) is 6.20 Å². The van der Waals surface area contributed by atoms with Crippen LogP contribution in [0, 0.1) is 5.92 Å². The highest BCUT2D eigenvalue weighted by atomic mass is 32.1. The zero-order valence-electron chi connectivity index (χ0n) is 12.8. The van der Waals surface area contributed by atoms with Crippen LogP contribution in [-0.2, 0) is 9.47 Å². The first-order chi connectivity index (χ1) is 10.6. The summed E-state index contributed by atoms with van der Waals surface area (Å²) in [5, 5.41) is 13.3. The third-order valence-corrected chi connectivity index (χ3v) is 4.43. The average molecular weight is 320 g/mol. The van der Waals surface area contributed by atoms with E-state index in [0.29, 0.717) is 19.1 Å². The molecule has 1 atom stereocenters. The minimum atomic E-state index is -0.443. The van der Waals surface area contributed by atoms with Gasteiger partial charge < -0.3 is 14.8 Å². The molecule has 0 spiro atoms. The molecular formula is C15H20N4O2S. The first-order valence-electron chi connectivity index (χ1n) is 7.41. The van der Waals surface area contributed by atoms with Crippen LogP contribution in [-0.4, -0.2) is 40.7 Å². The van der Waals surface area contributed by atoms with E-state index in [2.05, 4.69) is 27.4 Å². The van der Waals surface area contributed by atoms with Crippen molar-refractivity contribution in [2.45, 2.75) is 26.1 Å². The number of rotatable bonds is 6. The van der Waals surface area contributed by atoms with E-state index in [1.165, 1.54) is 11.3 Å². The number of nitrogens with one attached hydrogen (secondary N) is 1. The van der Waals surface area contributed by atoms with Gasteiger partial charge in [0, 0.05) is 19.2 Å². The van der Waals surface area contributed by atoms with Crippen LogP contribution >= 0.6 is 11.3 Å². The Labute approximate surface area is 133 Å². The van der Waals surface area contributed by atoms with Crippen molar-refractivity contribution < 1.29 is 9.47 Å². The normalized spacial score (nSPS) is 18.3. The Bertz CT molecular complexity index is 599. The zero-order chi connectivity index (χ0) is 15.4. The number of pyridine rings is 1. The summed E-state index contributed by atoms with van der Waals surface area (Å²) >= 11 is 1.51. The molecule has 1 N–H and O–H groups in total. The SMILES string of the molecule is C[C@H](CNc1nnc(-c2ccccn2)s1)CC1(C)OCCO1. The van der Waals surface area contributed by atoms with Crippen LogP contribution in [0.4, 0.5) is 5.13 Å². The standard InChI is InChI=1S/C15H20N4O2S/c1-11(9-15(2)20-7-8-21-15)10-17-14-19-18-13(22-14)12-5-3-4-6-16-12/h3-6,11H,7-10H2,1-2H3,(H,17,19)/t11-/m0/s1. The number of nitrogens with zero attached hydrogens (tertiary/aromatic N) is 3. The highest BCUT2D eigenvalue weighted by Crippen LogP contribution is 2.28. The fourth-order valence-electron chi connectivity index (χ4n) is 2.53. The van der Waals surface area contributed by atoms with Crippen molar-refractivity contribution in [3.05, 3.63) is 24.4 Å². The maximum Gasteiger partial charge on any atom is 0.206 e. The molecule has 0 aliphatic carbocycles. The summed E-state index contributed by atoms with van der Waals surface area (Å²) in [6, 6.07) is 5.77. The lowest BCUT2D eigenvalue weighted by molar-refractivity contribution is -0.153. The van der Waals surface area contributed by atoms with Crippen LogP contribution in [0.25, 0.3) is 10.7 Å². The molecule has 2 aromatic rings. The Balaban J connectivity index is 1.52. The van der Waals surface area contributed by atoms with Crippen LogP contribution < -0.4 is 5.32 Å². The zero-order valence-corrected chi connectivity index (χ0v) is 13.6. The molecule has 7 heteroatoms. The maximum atomic E-state index is 5.64. The monoisotopic (exact) mass is 320 g/mol. The van der Waals surface area contributed by atoms with Crippen molar-refractivity contribution in [2.75, 3.05) is 25.1 Å². The molecule has 0 amide bonds. The van der Waals surface area contributed by atoms with E-state index in [9.17, 15) is 0 Å². The van der Waals surface area contributed by atoms with Gasteiger partial charge in [-0.1, -0.05) is 24.3 Å². The van der Waals surface area contributed by atoms with E-state index >= 15 is 0 Å². The number of hydrogen-bond acceptors (Lipinski definition) is 7. The smallest absolute Gasteiger partial charge is 0.206 e. The van der Waals surface area contributed by atoms with Gasteiger partial charge in [-0.2, -0.15) is 0 Å². The summed E-state index contributed by atoms with van der Waals surface area (Å²) in [4.78, 5) is 4.28. The van der Waals surface area contributed by atoms with Gasteiger partial charge in [0.2, 0.25) is 5.13 Å². The molecule has 1 aliphatic rings. The molecule has 22 heavy (non-hydrogen) atoms. The van der Waals surface area contributed by atoms with Gasteiger partial charge in [-0.15, -0.1) is 10.2 Å². The molecule has 6 nitrogen and oxygen atoms in total. The highest BCUT2D eigenvalue weighted by Gasteiger charge is 2.32. The second-order valence-electron chi connectivity index (χ2n) is 5.65. The van der Waals surface area contributed by atoms with E-state index < -0.39 is 5.79 Å². The molecule has 3 heterocycles. The van der Waals surface area contributed by atoms with E-state index in [0.717, 1.165) is 28.8 Å². The summed E-state index contributed by atoms with van der Waals surface area (Å²) in [7, 11) is 0. The van der Waals surface area contributed by atoms with Crippen LogP contribution in [0.2, 0.25) is 0 Å². The first-order valence-corrected chi connectivity index (χ1v) is 8.23. The highest BCUT2D eigenvalue weighted by molar-refractivity contribution is 7.18. The van der Waals surface area contributed by atoms with Gasteiger partial charge in [0.05, 0.1) is 13.2 Å². The maximum absolute atomic E-state index is 5.64. The molecule has 0 unspecified atom stereocenters. The predicted molar refractivity (Wildman–Crippen MR) is 85.7 cm³/mol. The Morgan fingerprint density at radius 1 is 1.32 bits per heavy atom. The Kier molecular flexibility index (Phi) is 4.66. The van der Waals surface area contributed by atoms with Crippen LogP contribution in [0.3, 0.4) is 0 Å². The molecule has 0 aromatic carbocycles. The molecule has 1 aliphatic heterocycles. The molecule has 1 fully saturated rings. The molecule has 0 bridgehead atoms. The first kappa shape index (κ1) is 15.3. The van der Waals surface area contributed by atoms with E-state index in [1.807, 2.05) is 25.1 Å². The predicted octanol–water partition coefficient (Wildman–Crippen LogP) is 2.80. The average Bonchev–Trinajstić information content (AvgIpc) is 3.15. The largest absolute Gasteiger partial charge is 0.360 e. The summed E-state index contributed by atoms with van der Waals surface area (Å²) < 4.78 is 11.3. The lowest BCUT2D eigenvalue weighted by Crippen LogP contribution is -2.30. The Hall–Kier alpha value is -1.57. The van der Waals surface area contributed by atoms with E-state index in [-0.39, 0.29) is 0 Å². The second-order valence-corrected chi connectivity index (χ2v) is 6.63. The molecule has 1 saturated heterocycles. The lowest BCUT2D eigenvalue weighted by atomic mass is 10.0. The van der Waals surface area contributed by atoms with Crippen molar-refractivity contribution in [3.8, 4) is 10.7 Å². The quantitative estimate of drug-likeness (QED) is 0.882. The van der Waals surface area contributed by atoms with Crippen molar-refractivity contribution >= 4 is 16.5 Å². The van der Waals surface area contributed by atoms with Gasteiger partial charge in [0.15, 0.2) is 10.8 Å². The van der Waals surface area contributed by atoms with Gasteiger partial charge >= 0.3 is 0 Å². The Morgan fingerprint density at radius 2 is 2.14 bits per heavy atom. The van der Waals surface area contributed by atoms with E-state index in [4.69, 9.17) is 9.47 Å². The van der Waals surface area contributed by atoms with Crippen LogP contribution in [0.15, 0.2) is 24.4 Å². The number of anilines is 1. The Morgan fingerprint density at radius 3 is 2.86 bits per heavy atom. The second kappa shape index (κ2) is 6.68. The van der Waals surface area contributed by atoms with Gasteiger partial charge in [-0.3, -0.25) is 4.98 Å². The van der Waals surface area contributed by atoms with Gasteiger partial charge in [0.25, 0.3) is 0 Å². The fraction of sp³-hybridized carbons (Fsp3) is 0.533. The molecule has 3 rings (SSSR count). The minimum absolute atomic E-state index is 0.408. The third-order valence-electron chi connectivity index (χ3n) is 3.53. The minimum Gasteiger partial charge on any atom is -0.360 e. The number of hydrogen-bond donors (Lipinski definition) is 1. The van der Waals surface area contributed by atoms with Crippen LogP contribution in [0.1, 0.15) is 20.3 Å². The third kappa shape index (κ3) is 3.79. The lowest BCUT2D eigenvalue weighted by Gasteiger charge is -2.25. The molecule has 0 saturated carbocycles. The van der Waals surface area contributed by atoms with Gasteiger partial charge in [-0.25, -0.2) is 0 Å². The summed E-state index contributed by atoms with van der Waals surface area (Å²) in [6.45, 7) is 6.34. The van der Waals surface area contributed by atoms with Crippen molar-refractivity contribution in [1.82, 2.24) is 15.2 Å². The van der Waals surface area contributed by atoms with Crippen molar-refractivity contribution in [2.24, 2.45) is 5.92 Å². The molecule has 2 aromatic heterocycles. The molecule has 0 radical (unpaired) electrons. The molecular weight excluding hydrogens is 300 g/mol. The summed E-state index contributed by atoms with van der Waals surface area (Å²) in [6.07, 6.45) is 2.61. The van der Waals surface area contributed by atoms with Gasteiger partial charge in [0.1, 0.15) is 5.69 Å². The van der Waals surface area contributed by atoms with Crippen LogP contribution in [0.5, 0.6) is 0 Å². The summed E-state index contributed by atoms with van der Waals surface area (Å²) in [5.41, 5.74) is 0.848. The number of aromatic nitrogens is 3. The van der Waals surface area contributed by atoms with Gasteiger partial charge in [-0.05, 0) is 25.0 Å². The topological polar surface area (TPSA) is 69.2 Å². The van der Waals surface area contributed by atoms with Crippen molar-refractivity contribution in [1.29, 1.82) is 0 Å². The molecule has 118 valence electrons. The summed E-state index contributed by atoms with van der Waals surface area (Å²) in [5.74, 6) is -0.0354.